The van der Waals surface area contributed by atoms with E-state index >= 15 is 0 Å². The molecule has 1 aromatic carbocycles. The third-order valence-corrected chi connectivity index (χ3v) is 3.44. The molecule has 1 aromatic heterocycles. The van der Waals surface area contributed by atoms with E-state index in [0.717, 1.165) is 16.9 Å². The highest BCUT2D eigenvalue weighted by Gasteiger charge is 2.22. The molecular weight excluding hydrogens is 252 g/mol. The predicted octanol–water partition coefficient (Wildman–Crippen LogP) is 4.18. The predicted molar refractivity (Wildman–Crippen MR) is 81.1 cm³/mol. The maximum Gasteiger partial charge on any atom is 0.173 e. The number of ether oxygens (including phenoxy) is 1. The molecule has 2 rings (SSSR count). The minimum atomic E-state index is 0.353. The lowest BCUT2D eigenvalue weighted by atomic mass is 9.89. The third-order valence-electron chi connectivity index (χ3n) is 3.44. The number of benzene rings is 1. The van der Waals surface area contributed by atoms with E-state index in [1.165, 1.54) is 5.56 Å². The molecule has 0 spiro atoms. The van der Waals surface area contributed by atoms with Gasteiger partial charge in [0.1, 0.15) is 5.75 Å². The summed E-state index contributed by atoms with van der Waals surface area (Å²) in [6.45, 7) is 8.58. The van der Waals surface area contributed by atoms with Gasteiger partial charge in [-0.15, -0.1) is 0 Å². The van der Waals surface area contributed by atoms with Crippen molar-refractivity contribution in [2.75, 3.05) is 12.8 Å². The van der Waals surface area contributed by atoms with E-state index in [1.54, 1.807) is 13.2 Å². The number of nitrogen functional groups attached to an aromatic ring is 1. The Morgan fingerprint density at radius 3 is 2.15 bits per heavy atom. The Morgan fingerprint density at radius 2 is 1.70 bits per heavy atom. The van der Waals surface area contributed by atoms with Crippen LogP contribution in [0.2, 0.25) is 0 Å². The fraction of sp³-hybridized carbons (Fsp3) is 0.438. The minimum Gasteiger partial charge on any atom is -0.496 e. The van der Waals surface area contributed by atoms with Crippen molar-refractivity contribution in [3.05, 3.63) is 29.3 Å². The highest BCUT2D eigenvalue weighted by Crippen LogP contribution is 2.42. The summed E-state index contributed by atoms with van der Waals surface area (Å²) >= 11 is 0. The van der Waals surface area contributed by atoms with E-state index in [2.05, 4.69) is 45.0 Å². The lowest BCUT2D eigenvalue weighted by Crippen LogP contribution is -2.01. The summed E-state index contributed by atoms with van der Waals surface area (Å²) in [7, 11) is 1.69. The number of anilines is 1. The summed E-state index contributed by atoms with van der Waals surface area (Å²) in [5.74, 6) is 2.61. The number of rotatable bonds is 4. The minimum absolute atomic E-state index is 0.353. The normalized spacial score (nSPS) is 11.3. The van der Waals surface area contributed by atoms with Gasteiger partial charge in [-0.25, -0.2) is 0 Å². The Kier molecular flexibility index (Phi) is 4.02. The first-order valence-corrected chi connectivity index (χ1v) is 6.89. The number of nitrogens with two attached hydrogens (primary N) is 1. The molecule has 0 aliphatic heterocycles. The van der Waals surface area contributed by atoms with Crippen LogP contribution >= 0.6 is 0 Å². The van der Waals surface area contributed by atoms with Gasteiger partial charge in [-0.2, -0.15) is 0 Å². The molecule has 4 nitrogen and oxygen atoms in total. The summed E-state index contributed by atoms with van der Waals surface area (Å²) in [5.41, 5.74) is 8.97. The lowest BCUT2D eigenvalue weighted by Gasteiger charge is -2.19. The molecule has 0 radical (unpaired) electrons. The SMILES string of the molecule is COc1c(C(C)C)ccc(C(C)C)c1-c1cc(N)no1. The second kappa shape index (κ2) is 5.57. The summed E-state index contributed by atoms with van der Waals surface area (Å²) in [6, 6.07) is 6.01. The molecule has 0 aliphatic carbocycles. The topological polar surface area (TPSA) is 61.3 Å². The van der Waals surface area contributed by atoms with E-state index < -0.39 is 0 Å². The first-order chi connectivity index (χ1) is 9.45. The van der Waals surface area contributed by atoms with Crippen LogP contribution in [0, 0.1) is 0 Å². The van der Waals surface area contributed by atoms with Gasteiger partial charge < -0.3 is 15.0 Å². The van der Waals surface area contributed by atoms with E-state index in [4.69, 9.17) is 15.0 Å². The monoisotopic (exact) mass is 274 g/mol. The molecular formula is C16H22N2O2. The largest absolute Gasteiger partial charge is 0.496 e. The van der Waals surface area contributed by atoms with Crippen molar-refractivity contribution >= 4 is 5.82 Å². The summed E-state index contributed by atoms with van der Waals surface area (Å²) < 4.78 is 11.0. The summed E-state index contributed by atoms with van der Waals surface area (Å²) in [4.78, 5) is 0. The Hall–Kier alpha value is -1.97. The van der Waals surface area contributed by atoms with Gasteiger partial charge in [0.05, 0.1) is 12.7 Å². The quantitative estimate of drug-likeness (QED) is 0.908. The van der Waals surface area contributed by atoms with Gasteiger partial charge in [0.15, 0.2) is 11.6 Å². The standard InChI is InChI=1S/C16H22N2O2/c1-9(2)11-6-7-12(10(3)4)16(19-5)15(11)13-8-14(17)18-20-13/h6-10H,1-5H3,(H2,17,18). The third kappa shape index (κ3) is 2.50. The van der Waals surface area contributed by atoms with Crippen LogP contribution in [0.15, 0.2) is 22.7 Å². The van der Waals surface area contributed by atoms with Gasteiger partial charge in [-0.3, -0.25) is 0 Å². The Morgan fingerprint density at radius 1 is 1.10 bits per heavy atom. The first-order valence-electron chi connectivity index (χ1n) is 6.89. The van der Waals surface area contributed by atoms with Crippen LogP contribution in [0.25, 0.3) is 11.3 Å². The Bertz CT molecular complexity index is 601. The summed E-state index contributed by atoms with van der Waals surface area (Å²) in [5, 5.41) is 3.79. The molecule has 4 heteroatoms. The molecule has 0 fully saturated rings. The molecule has 108 valence electrons. The van der Waals surface area contributed by atoms with Crippen LogP contribution in [0.5, 0.6) is 5.75 Å². The maximum absolute atomic E-state index is 5.69. The molecule has 2 aromatic rings. The van der Waals surface area contributed by atoms with Crippen molar-refractivity contribution in [3.63, 3.8) is 0 Å². The average molecular weight is 274 g/mol. The highest BCUT2D eigenvalue weighted by atomic mass is 16.5. The van der Waals surface area contributed by atoms with Gasteiger partial charge in [-0.1, -0.05) is 45.0 Å². The van der Waals surface area contributed by atoms with E-state index in [-0.39, 0.29) is 0 Å². The molecule has 0 atom stereocenters. The van der Waals surface area contributed by atoms with Crippen molar-refractivity contribution in [1.82, 2.24) is 5.16 Å². The van der Waals surface area contributed by atoms with Gasteiger partial charge in [-0.05, 0) is 23.0 Å². The number of nitrogens with zero attached hydrogens (tertiary/aromatic N) is 1. The fourth-order valence-corrected chi connectivity index (χ4v) is 2.43. The van der Waals surface area contributed by atoms with E-state index in [0.29, 0.717) is 23.4 Å². The number of methoxy groups -OCH3 is 1. The van der Waals surface area contributed by atoms with Crippen LogP contribution in [-0.2, 0) is 0 Å². The average Bonchev–Trinajstić information content (AvgIpc) is 2.82. The molecule has 0 bridgehead atoms. The number of hydrogen-bond acceptors (Lipinski definition) is 4. The Labute approximate surface area is 119 Å². The molecule has 0 unspecified atom stereocenters. The molecule has 1 heterocycles. The van der Waals surface area contributed by atoms with Crippen LogP contribution < -0.4 is 10.5 Å². The maximum atomic E-state index is 5.69. The number of aromatic nitrogens is 1. The van der Waals surface area contributed by atoms with Crippen LogP contribution in [-0.4, -0.2) is 12.3 Å². The molecule has 0 saturated carbocycles. The Balaban J connectivity index is 2.75. The van der Waals surface area contributed by atoms with Crippen molar-refractivity contribution < 1.29 is 9.26 Å². The molecule has 0 amide bonds. The van der Waals surface area contributed by atoms with E-state index in [9.17, 15) is 0 Å². The van der Waals surface area contributed by atoms with E-state index in [1.807, 2.05) is 0 Å². The zero-order valence-corrected chi connectivity index (χ0v) is 12.7. The molecule has 20 heavy (non-hydrogen) atoms. The smallest absolute Gasteiger partial charge is 0.173 e. The second-order valence-corrected chi connectivity index (χ2v) is 5.58. The number of hydrogen-bond donors (Lipinski definition) is 1. The van der Waals surface area contributed by atoms with Crippen molar-refractivity contribution in [2.45, 2.75) is 39.5 Å². The van der Waals surface area contributed by atoms with Gasteiger partial charge in [0, 0.05) is 6.07 Å². The molecule has 2 N–H and O–H groups in total. The molecule has 0 saturated heterocycles. The van der Waals surface area contributed by atoms with Crippen LogP contribution in [0.3, 0.4) is 0 Å². The summed E-state index contributed by atoms with van der Waals surface area (Å²) in [6.07, 6.45) is 0. The van der Waals surface area contributed by atoms with Crippen LogP contribution in [0.4, 0.5) is 5.82 Å². The van der Waals surface area contributed by atoms with Gasteiger partial charge in [0.25, 0.3) is 0 Å². The first kappa shape index (κ1) is 14.4. The fourth-order valence-electron chi connectivity index (χ4n) is 2.43. The lowest BCUT2D eigenvalue weighted by molar-refractivity contribution is 0.400. The van der Waals surface area contributed by atoms with Crippen molar-refractivity contribution in [3.8, 4) is 17.1 Å². The van der Waals surface area contributed by atoms with Crippen molar-refractivity contribution in [1.29, 1.82) is 0 Å². The second-order valence-electron chi connectivity index (χ2n) is 5.58. The van der Waals surface area contributed by atoms with Crippen LogP contribution in [0.1, 0.15) is 50.7 Å². The van der Waals surface area contributed by atoms with Crippen molar-refractivity contribution in [2.24, 2.45) is 0 Å². The zero-order chi connectivity index (χ0) is 14.9. The highest BCUT2D eigenvalue weighted by molar-refractivity contribution is 5.74. The van der Waals surface area contributed by atoms with Gasteiger partial charge >= 0.3 is 0 Å². The van der Waals surface area contributed by atoms with Gasteiger partial charge in [0.2, 0.25) is 0 Å². The zero-order valence-electron chi connectivity index (χ0n) is 12.7. The molecule has 0 aliphatic rings.